The number of benzene rings is 2. The highest BCUT2D eigenvalue weighted by atomic mass is 19.1. The highest BCUT2D eigenvalue weighted by molar-refractivity contribution is 5.95. The van der Waals surface area contributed by atoms with Crippen molar-refractivity contribution in [1.82, 2.24) is 24.8 Å². The van der Waals surface area contributed by atoms with Gasteiger partial charge in [-0.05, 0) is 57.0 Å². The van der Waals surface area contributed by atoms with Gasteiger partial charge in [-0.15, -0.1) is 0 Å². The van der Waals surface area contributed by atoms with Crippen LogP contribution in [0, 0.1) is 5.82 Å². The number of nitrogens with zero attached hydrogens (tertiary/aromatic N) is 6. The third kappa shape index (κ3) is 7.38. The van der Waals surface area contributed by atoms with E-state index in [1.165, 1.54) is 18.5 Å². The van der Waals surface area contributed by atoms with E-state index in [2.05, 4.69) is 55.8 Å². The van der Waals surface area contributed by atoms with Gasteiger partial charge in [-0.3, -0.25) is 9.69 Å². The number of fused-ring (bicyclic) bond motifs is 1. The van der Waals surface area contributed by atoms with E-state index < -0.39 is 5.82 Å². The van der Waals surface area contributed by atoms with E-state index >= 15 is 4.39 Å². The Bertz CT molecular complexity index is 1740. The third-order valence-electron chi connectivity index (χ3n) is 8.81. The van der Waals surface area contributed by atoms with Crippen molar-refractivity contribution >= 4 is 39.8 Å². The number of halogens is 1. The fourth-order valence-corrected chi connectivity index (χ4v) is 6.09. The lowest BCUT2D eigenvalue weighted by Gasteiger charge is -2.37. The smallest absolute Gasteiger partial charge is 0.245 e. The number of rotatable bonds is 10. The van der Waals surface area contributed by atoms with Crippen LogP contribution in [0.2, 0.25) is 0 Å². The minimum absolute atomic E-state index is 0.0516. The van der Waals surface area contributed by atoms with Crippen LogP contribution in [0.25, 0.3) is 10.9 Å². The first kappa shape index (κ1) is 32.0. The first-order chi connectivity index (χ1) is 22.8. The van der Waals surface area contributed by atoms with Crippen molar-refractivity contribution in [3.05, 3.63) is 73.5 Å². The van der Waals surface area contributed by atoms with Crippen molar-refractivity contribution in [3.8, 4) is 17.2 Å². The maximum Gasteiger partial charge on any atom is 0.245 e. The predicted molar refractivity (Wildman–Crippen MR) is 182 cm³/mol. The summed E-state index contributed by atoms with van der Waals surface area (Å²) in [5.41, 5.74) is 1.67. The van der Waals surface area contributed by atoms with E-state index in [1.807, 2.05) is 18.2 Å². The molecule has 0 unspecified atom stereocenters. The van der Waals surface area contributed by atoms with E-state index in [9.17, 15) is 4.79 Å². The molecule has 2 saturated heterocycles. The number of carbonyl (C=O) groups is 1. The van der Waals surface area contributed by atoms with Gasteiger partial charge in [0.1, 0.15) is 41.0 Å². The van der Waals surface area contributed by atoms with Crippen molar-refractivity contribution in [3.63, 3.8) is 0 Å². The minimum Gasteiger partial charge on any atom is -0.495 e. The molecule has 2 aliphatic heterocycles. The molecule has 1 amide bonds. The third-order valence-corrected chi connectivity index (χ3v) is 8.81. The van der Waals surface area contributed by atoms with Gasteiger partial charge in [0.25, 0.3) is 0 Å². The molecular formula is C35H41FN8O3. The van der Waals surface area contributed by atoms with Crippen molar-refractivity contribution in [1.29, 1.82) is 0 Å². The molecule has 11 nitrogen and oxygen atoms in total. The van der Waals surface area contributed by atoms with Crippen LogP contribution in [0.15, 0.2) is 67.6 Å². The summed E-state index contributed by atoms with van der Waals surface area (Å²) in [6, 6.07) is 12.8. The number of carbonyl (C=O) groups excluding carboxylic acids is 1. The number of pyridine rings is 1. The molecule has 0 spiro atoms. The number of aromatic nitrogens is 3. The van der Waals surface area contributed by atoms with Crippen molar-refractivity contribution in [2.24, 2.45) is 0 Å². The molecule has 47 heavy (non-hydrogen) atoms. The summed E-state index contributed by atoms with van der Waals surface area (Å²) >= 11 is 0. The first-order valence-corrected chi connectivity index (χ1v) is 16.0. The number of hydrogen-bond donors (Lipinski definition) is 2. The Balaban J connectivity index is 1.15. The number of nitrogens with one attached hydrogen (secondary N) is 2. The Kier molecular flexibility index (Phi) is 9.67. The molecule has 0 bridgehead atoms. The average molecular weight is 641 g/mol. The molecule has 2 fully saturated rings. The van der Waals surface area contributed by atoms with E-state index in [1.54, 1.807) is 36.4 Å². The lowest BCUT2D eigenvalue weighted by atomic mass is 10.0. The number of piperidine rings is 1. The van der Waals surface area contributed by atoms with Crippen LogP contribution in [0.4, 0.5) is 27.4 Å². The number of anilines is 4. The number of methoxy groups -OCH3 is 1. The normalized spacial score (nSPS) is 15.9. The summed E-state index contributed by atoms with van der Waals surface area (Å²) in [5, 5.41) is 7.40. The summed E-state index contributed by atoms with van der Waals surface area (Å²) in [5.74, 6) is 2.37. The molecule has 2 aliphatic rings. The highest BCUT2D eigenvalue weighted by Gasteiger charge is 2.23. The number of ether oxygens (including phenoxy) is 2. The Labute approximate surface area is 274 Å². The molecular weight excluding hydrogens is 599 g/mol. The summed E-state index contributed by atoms with van der Waals surface area (Å²) < 4.78 is 27.2. The summed E-state index contributed by atoms with van der Waals surface area (Å²) in [6.45, 7) is 13.1. The second-order valence-electron chi connectivity index (χ2n) is 12.1. The zero-order valence-electron chi connectivity index (χ0n) is 27.1. The number of piperazine rings is 1. The standard InChI is InChI=1S/C35H41FN8O3/c1-5-34(45)44-12-9-24(10-13-44)40-31-20-27-30(21-32(31)46-4)38-22-39-35(27)41-29-7-6-25(18-28(29)36)47-26-8-11-37-33(19-26)43-16-14-42(15-17-43)23(2)3/h5-8,11,18-24,40H,1,9-10,12-17H2,2-4H3,(H,38,39,41). The van der Waals surface area contributed by atoms with Crippen molar-refractivity contribution in [2.45, 2.75) is 38.8 Å². The minimum atomic E-state index is -0.485. The molecule has 2 aromatic carbocycles. The SMILES string of the molecule is C=CC(=O)N1CCC(Nc2cc3c(Nc4ccc(Oc5ccnc(N6CCN(C(C)C)CC6)c5)cc4F)ncnc3cc2OC)CC1. The van der Waals surface area contributed by atoms with Gasteiger partial charge in [-0.2, -0.15) is 0 Å². The Morgan fingerprint density at radius 3 is 2.45 bits per heavy atom. The van der Waals surface area contributed by atoms with Crippen LogP contribution in [0.3, 0.4) is 0 Å². The molecule has 4 heterocycles. The zero-order chi connectivity index (χ0) is 32.9. The summed E-state index contributed by atoms with van der Waals surface area (Å²) in [4.78, 5) is 31.9. The van der Waals surface area contributed by atoms with Crippen LogP contribution < -0.4 is 25.0 Å². The zero-order valence-corrected chi connectivity index (χ0v) is 27.1. The van der Waals surface area contributed by atoms with E-state index in [0.717, 1.165) is 50.5 Å². The lowest BCUT2D eigenvalue weighted by molar-refractivity contribution is -0.126. The maximum atomic E-state index is 15.5. The Hall–Kier alpha value is -4.97. The number of likely N-dealkylation sites (tertiary alicyclic amines) is 1. The van der Waals surface area contributed by atoms with Crippen LogP contribution in [0.1, 0.15) is 26.7 Å². The van der Waals surface area contributed by atoms with Crippen LogP contribution in [-0.2, 0) is 4.79 Å². The van der Waals surface area contributed by atoms with Gasteiger partial charge >= 0.3 is 0 Å². The van der Waals surface area contributed by atoms with E-state index in [0.29, 0.717) is 53.1 Å². The molecule has 0 saturated carbocycles. The van der Waals surface area contributed by atoms with Crippen molar-refractivity contribution in [2.75, 3.05) is 61.9 Å². The van der Waals surface area contributed by atoms with Crippen LogP contribution in [0.5, 0.6) is 17.2 Å². The fourth-order valence-electron chi connectivity index (χ4n) is 6.09. The number of hydrogen-bond acceptors (Lipinski definition) is 10. The molecule has 2 aromatic heterocycles. The Morgan fingerprint density at radius 1 is 0.979 bits per heavy atom. The molecule has 4 aromatic rings. The molecule has 0 atom stereocenters. The van der Waals surface area contributed by atoms with Crippen LogP contribution in [-0.4, -0.2) is 89.1 Å². The van der Waals surface area contributed by atoms with Crippen molar-refractivity contribution < 1.29 is 18.7 Å². The molecule has 6 rings (SSSR count). The molecule has 2 N–H and O–H groups in total. The second-order valence-corrected chi connectivity index (χ2v) is 12.1. The van der Waals surface area contributed by atoms with Crippen LogP contribution >= 0.6 is 0 Å². The quantitative estimate of drug-likeness (QED) is 0.206. The van der Waals surface area contributed by atoms with E-state index in [4.69, 9.17) is 9.47 Å². The van der Waals surface area contributed by atoms with Gasteiger partial charge < -0.3 is 29.9 Å². The Morgan fingerprint density at radius 2 is 1.74 bits per heavy atom. The van der Waals surface area contributed by atoms with Gasteiger partial charge in [-0.1, -0.05) is 6.58 Å². The fraction of sp³-hybridized carbons (Fsp3) is 0.371. The predicted octanol–water partition coefficient (Wildman–Crippen LogP) is 5.83. The maximum absolute atomic E-state index is 15.5. The monoisotopic (exact) mass is 640 g/mol. The highest BCUT2D eigenvalue weighted by Crippen LogP contribution is 2.35. The van der Waals surface area contributed by atoms with E-state index in [-0.39, 0.29) is 17.6 Å². The largest absolute Gasteiger partial charge is 0.495 e. The first-order valence-electron chi connectivity index (χ1n) is 16.0. The lowest BCUT2D eigenvalue weighted by Crippen LogP contribution is -2.49. The van der Waals surface area contributed by atoms with Gasteiger partial charge in [-0.25, -0.2) is 19.3 Å². The van der Waals surface area contributed by atoms with Gasteiger partial charge in [0.15, 0.2) is 0 Å². The molecule has 0 aliphatic carbocycles. The molecule has 246 valence electrons. The summed E-state index contributed by atoms with van der Waals surface area (Å²) in [6.07, 6.45) is 6.07. The van der Waals surface area contributed by atoms with Gasteiger partial charge in [0.2, 0.25) is 5.91 Å². The molecule has 12 heteroatoms. The van der Waals surface area contributed by atoms with Gasteiger partial charge in [0.05, 0.1) is 24.0 Å². The topological polar surface area (TPSA) is 108 Å². The van der Waals surface area contributed by atoms with Gasteiger partial charge in [0, 0.05) is 81.1 Å². The molecule has 0 radical (unpaired) electrons. The summed E-state index contributed by atoms with van der Waals surface area (Å²) in [7, 11) is 1.61. The second kappa shape index (κ2) is 14.2. The average Bonchev–Trinajstić information content (AvgIpc) is 3.09. The number of amides is 1.